The Kier molecular flexibility index (Phi) is 6.90. The molecule has 126 valence electrons. The molecule has 0 unspecified atom stereocenters. The Labute approximate surface area is 124 Å². The summed E-state index contributed by atoms with van der Waals surface area (Å²) in [4.78, 5) is 9.82. The van der Waals surface area contributed by atoms with Gasteiger partial charge in [-0.25, -0.2) is 14.5 Å². The maximum absolute atomic E-state index is 12.2. The average Bonchev–Trinajstić information content (AvgIpc) is 2.54. The topological polar surface area (TPSA) is 184 Å². The highest BCUT2D eigenvalue weighted by molar-refractivity contribution is 5.40. The quantitative estimate of drug-likeness (QED) is 0.145. The fourth-order valence-electron chi connectivity index (χ4n) is 1.44. The first-order valence-corrected chi connectivity index (χ1v) is 5.99. The van der Waals surface area contributed by atoms with Gasteiger partial charge in [-0.1, -0.05) is 9.97 Å². The van der Waals surface area contributed by atoms with E-state index < -0.39 is 52.3 Å². The molecular weight excluding hydrogens is 304 g/mol. The van der Waals surface area contributed by atoms with Crippen LogP contribution in [0.1, 0.15) is 0 Å². The molecule has 0 spiro atoms. The summed E-state index contributed by atoms with van der Waals surface area (Å²) in [5.74, 6) is -1.34. The lowest BCUT2D eigenvalue weighted by molar-refractivity contribution is -0.585. The molecule has 0 aliphatic carbocycles. The third-order valence-electron chi connectivity index (χ3n) is 2.64. The molecule has 0 radical (unpaired) electrons. The molecule has 6 N–H and O–H groups in total. The van der Waals surface area contributed by atoms with Crippen LogP contribution in [0.25, 0.3) is 0 Å². The molecule has 1 heterocycles. The van der Waals surface area contributed by atoms with Crippen LogP contribution in [0.15, 0.2) is 0 Å². The molecular formula is C9H18N6O7. The van der Waals surface area contributed by atoms with Crippen LogP contribution in [0, 0.1) is 5.21 Å². The van der Waals surface area contributed by atoms with Gasteiger partial charge in [0.1, 0.15) is 40.4 Å². The van der Waals surface area contributed by atoms with E-state index in [1.807, 2.05) is 0 Å². The summed E-state index contributed by atoms with van der Waals surface area (Å²) in [6.07, 6.45) is 0. The standard InChI is InChI=1S/C9H18N6O7/c16-1-12(2-17)7-10-8(13(3-18)4-19)15(22)9(11-7)14(5-20)6-21/h16-21H,1-6H2. The van der Waals surface area contributed by atoms with Gasteiger partial charge in [-0.2, -0.15) is 0 Å². The molecule has 0 aliphatic rings. The number of nitrogens with zero attached hydrogens (tertiary/aromatic N) is 6. The molecule has 1 aromatic heterocycles. The molecule has 0 saturated heterocycles. The van der Waals surface area contributed by atoms with Crippen molar-refractivity contribution in [1.29, 1.82) is 0 Å². The largest absolute Gasteiger partial charge is 0.762 e. The first kappa shape index (κ1) is 18.0. The summed E-state index contributed by atoms with van der Waals surface area (Å²) in [6, 6.07) is 0. The average molecular weight is 322 g/mol. The van der Waals surface area contributed by atoms with Crippen LogP contribution in [0.3, 0.4) is 0 Å². The Morgan fingerprint density at radius 1 is 0.682 bits per heavy atom. The van der Waals surface area contributed by atoms with Crippen molar-refractivity contribution in [3.63, 3.8) is 0 Å². The number of hydrogen-bond acceptors (Lipinski definition) is 12. The normalized spacial score (nSPS) is 10.6. The lowest BCUT2D eigenvalue weighted by Gasteiger charge is -2.25. The van der Waals surface area contributed by atoms with E-state index in [2.05, 4.69) is 9.97 Å². The summed E-state index contributed by atoms with van der Waals surface area (Å²) >= 11 is 0. The molecule has 1 aromatic rings. The van der Waals surface area contributed by atoms with Gasteiger partial charge < -0.3 is 35.8 Å². The molecule has 0 saturated carbocycles. The summed E-state index contributed by atoms with van der Waals surface area (Å²) in [5, 5.41) is 66.9. The van der Waals surface area contributed by atoms with Gasteiger partial charge in [-0.3, -0.25) is 4.90 Å². The summed E-state index contributed by atoms with van der Waals surface area (Å²) < 4.78 is 0.0648. The van der Waals surface area contributed by atoms with E-state index >= 15 is 0 Å². The van der Waals surface area contributed by atoms with Crippen molar-refractivity contribution in [2.75, 3.05) is 55.1 Å². The fourth-order valence-corrected chi connectivity index (χ4v) is 1.44. The van der Waals surface area contributed by atoms with Crippen LogP contribution in [-0.4, -0.2) is 81.0 Å². The lowest BCUT2D eigenvalue weighted by atomic mass is 10.6. The lowest BCUT2D eigenvalue weighted by Crippen LogP contribution is -2.47. The van der Waals surface area contributed by atoms with E-state index in [4.69, 9.17) is 30.6 Å². The van der Waals surface area contributed by atoms with Crippen molar-refractivity contribution >= 4 is 17.8 Å². The van der Waals surface area contributed by atoms with E-state index in [0.29, 0.717) is 0 Å². The minimum atomic E-state index is -0.759. The zero-order chi connectivity index (χ0) is 16.7. The smallest absolute Gasteiger partial charge is 0.329 e. The van der Waals surface area contributed by atoms with Crippen molar-refractivity contribution < 1.29 is 35.4 Å². The van der Waals surface area contributed by atoms with Gasteiger partial charge in [0, 0.05) is 0 Å². The summed E-state index contributed by atoms with van der Waals surface area (Å²) in [5.41, 5.74) is 0. The van der Waals surface area contributed by atoms with E-state index in [1.165, 1.54) is 0 Å². The zero-order valence-corrected chi connectivity index (χ0v) is 11.5. The highest BCUT2D eigenvalue weighted by Crippen LogP contribution is 2.16. The van der Waals surface area contributed by atoms with Gasteiger partial charge in [0.25, 0.3) is 0 Å². The molecule has 0 fully saturated rings. The zero-order valence-electron chi connectivity index (χ0n) is 11.5. The van der Waals surface area contributed by atoms with Crippen LogP contribution in [0.5, 0.6) is 0 Å². The number of aliphatic hydroxyl groups excluding tert-OH is 6. The molecule has 13 heteroatoms. The van der Waals surface area contributed by atoms with Crippen LogP contribution < -0.4 is 19.4 Å². The number of aromatic nitrogens is 3. The third-order valence-corrected chi connectivity index (χ3v) is 2.64. The second kappa shape index (κ2) is 8.42. The molecule has 0 amide bonds. The Bertz CT molecular complexity index is 433. The second-order valence-corrected chi connectivity index (χ2v) is 3.89. The van der Waals surface area contributed by atoms with Crippen molar-refractivity contribution in [3.05, 3.63) is 5.21 Å². The van der Waals surface area contributed by atoms with E-state index in [1.54, 1.807) is 0 Å². The van der Waals surface area contributed by atoms with Crippen molar-refractivity contribution in [2.24, 2.45) is 0 Å². The van der Waals surface area contributed by atoms with Crippen molar-refractivity contribution in [1.82, 2.24) is 9.97 Å². The van der Waals surface area contributed by atoms with Crippen molar-refractivity contribution in [3.8, 4) is 0 Å². The van der Waals surface area contributed by atoms with E-state index in [9.17, 15) is 5.21 Å². The first-order chi connectivity index (χ1) is 10.6. The minimum absolute atomic E-state index is 0.0648. The van der Waals surface area contributed by atoms with Crippen LogP contribution >= 0.6 is 0 Å². The predicted molar refractivity (Wildman–Crippen MR) is 70.9 cm³/mol. The summed E-state index contributed by atoms with van der Waals surface area (Å²) in [6.45, 7) is -4.41. The molecule has 1 rings (SSSR count). The second-order valence-electron chi connectivity index (χ2n) is 3.89. The predicted octanol–water partition coefficient (Wildman–Crippen LogP) is -4.77. The van der Waals surface area contributed by atoms with Crippen LogP contribution in [0.2, 0.25) is 0 Å². The SMILES string of the molecule is [O-][n+]1c(N(CO)CO)nc(N(CO)CO)nc1N(CO)CO. The maximum atomic E-state index is 12.2. The number of aliphatic hydroxyl groups is 6. The third kappa shape index (κ3) is 3.59. The van der Waals surface area contributed by atoms with Crippen LogP contribution in [0.4, 0.5) is 17.8 Å². The Hall–Kier alpha value is -2.03. The first-order valence-electron chi connectivity index (χ1n) is 5.99. The van der Waals surface area contributed by atoms with Gasteiger partial charge in [0.2, 0.25) is 0 Å². The molecule has 0 aliphatic heterocycles. The Morgan fingerprint density at radius 2 is 1.00 bits per heavy atom. The molecule has 0 atom stereocenters. The van der Waals surface area contributed by atoms with E-state index in [-0.39, 0.29) is 10.7 Å². The molecule has 0 bridgehead atoms. The van der Waals surface area contributed by atoms with E-state index in [0.717, 1.165) is 14.7 Å². The van der Waals surface area contributed by atoms with Gasteiger partial charge in [-0.05, 0) is 0 Å². The van der Waals surface area contributed by atoms with Crippen molar-refractivity contribution in [2.45, 2.75) is 0 Å². The Morgan fingerprint density at radius 3 is 1.27 bits per heavy atom. The highest BCUT2D eigenvalue weighted by Gasteiger charge is 2.26. The van der Waals surface area contributed by atoms with Gasteiger partial charge in [-0.15, -0.1) is 0 Å². The molecule has 0 aromatic carbocycles. The monoisotopic (exact) mass is 322 g/mol. The van der Waals surface area contributed by atoms with Gasteiger partial charge in [0.15, 0.2) is 0 Å². The highest BCUT2D eigenvalue weighted by atomic mass is 16.5. The molecule has 22 heavy (non-hydrogen) atoms. The number of hydrogen-bond donors (Lipinski definition) is 6. The number of anilines is 3. The number of rotatable bonds is 9. The minimum Gasteiger partial charge on any atom is -0.762 e. The van der Waals surface area contributed by atoms with Gasteiger partial charge in [0.05, 0.1) is 0 Å². The summed E-state index contributed by atoms with van der Waals surface area (Å²) in [7, 11) is 0. The van der Waals surface area contributed by atoms with Gasteiger partial charge >= 0.3 is 17.8 Å². The fraction of sp³-hybridized carbons (Fsp3) is 0.667. The Balaban J connectivity index is 3.48. The van der Waals surface area contributed by atoms with Crippen LogP contribution in [-0.2, 0) is 0 Å². The molecule has 13 nitrogen and oxygen atoms in total. The maximum Gasteiger partial charge on any atom is 0.329 e.